The summed E-state index contributed by atoms with van der Waals surface area (Å²) in [5, 5.41) is 12.5. The summed E-state index contributed by atoms with van der Waals surface area (Å²) < 4.78 is 5.57. The van der Waals surface area contributed by atoms with Gasteiger partial charge in [-0.1, -0.05) is 101 Å². The number of hydrogen-bond donors (Lipinski definition) is 1. The maximum atomic E-state index is 10.6. The molecule has 1 heterocycles. The molecular formula is C29H20Cl4N2O2. The molecule has 0 aliphatic rings. The molecule has 5 rings (SSSR count). The zero-order chi connectivity index (χ0) is 26.2. The van der Waals surface area contributed by atoms with Gasteiger partial charge >= 0.3 is 0 Å². The molecule has 1 N–H and O–H groups in total. The van der Waals surface area contributed by atoms with E-state index in [1.54, 1.807) is 48.8 Å². The number of halogens is 4. The zero-order valence-electron chi connectivity index (χ0n) is 19.2. The highest BCUT2D eigenvalue weighted by atomic mass is 35.5. The quantitative estimate of drug-likeness (QED) is 0.229. The van der Waals surface area contributed by atoms with Gasteiger partial charge in [-0.3, -0.25) is 0 Å². The van der Waals surface area contributed by atoms with Crippen LogP contribution in [0.25, 0.3) is 11.1 Å². The van der Waals surface area contributed by atoms with Crippen LogP contribution in [0.4, 0.5) is 0 Å². The van der Waals surface area contributed by atoms with Gasteiger partial charge < -0.3 is 9.84 Å². The highest BCUT2D eigenvalue weighted by molar-refractivity contribution is 6.36. The van der Waals surface area contributed by atoms with E-state index < -0.39 is 6.10 Å². The summed E-state index contributed by atoms with van der Waals surface area (Å²) in [6.45, 7) is 0. The standard InChI is InChI=1S/C17H14N2O.C12H6Cl4O/c20-17(14-10-18-12-19-11-14)16-9-5-4-8-15(16)13-6-2-1-3-7-13;13-7-1-3-11(9(15)5-7)17-12-4-2-8(14)6-10(12)16/h1-12,17,20H;1-6H. The number of aromatic nitrogens is 2. The number of aliphatic hydroxyl groups is 1. The Morgan fingerprint density at radius 1 is 0.649 bits per heavy atom. The van der Waals surface area contributed by atoms with E-state index in [0.717, 1.165) is 16.7 Å². The van der Waals surface area contributed by atoms with Gasteiger partial charge in [-0.05, 0) is 53.1 Å². The van der Waals surface area contributed by atoms with Crippen molar-refractivity contribution in [2.45, 2.75) is 6.10 Å². The second-order valence-electron chi connectivity index (χ2n) is 7.78. The molecule has 0 amide bonds. The fourth-order valence-corrected chi connectivity index (χ4v) is 4.38. The molecule has 186 valence electrons. The average molecular weight is 570 g/mol. The van der Waals surface area contributed by atoms with Crippen LogP contribution in [0.5, 0.6) is 11.5 Å². The van der Waals surface area contributed by atoms with Crippen LogP contribution in [-0.4, -0.2) is 15.1 Å². The zero-order valence-corrected chi connectivity index (χ0v) is 22.3. The fourth-order valence-electron chi connectivity index (χ4n) is 3.48. The van der Waals surface area contributed by atoms with Crippen molar-refractivity contribution in [2.24, 2.45) is 0 Å². The van der Waals surface area contributed by atoms with E-state index in [4.69, 9.17) is 51.1 Å². The van der Waals surface area contributed by atoms with Crippen LogP contribution in [0.3, 0.4) is 0 Å². The lowest BCUT2D eigenvalue weighted by molar-refractivity contribution is 0.220. The van der Waals surface area contributed by atoms with E-state index in [2.05, 4.69) is 9.97 Å². The third kappa shape index (κ3) is 7.22. The fraction of sp³-hybridized carbons (Fsp3) is 0.0345. The number of aliphatic hydroxyl groups excluding tert-OH is 1. The summed E-state index contributed by atoms with van der Waals surface area (Å²) in [6, 6.07) is 27.8. The van der Waals surface area contributed by atoms with Gasteiger partial charge in [-0.25, -0.2) is 9.97 Å². The van der Waals surface area contributed by atoms with Gasteiger partial charge in [0.15, 0.2) is 0 Å². The third-order valence-corrected chi connectivity index (χ3v) is 6.31. The highest BCUT2D eigenvalue weighted by Crippen LogP contribution is 2.36. The van der Waals surface area contributed by atoms with E-state index >= 15 is 0 Å². The van der Waals surface area contributed by atoms with Gasteiger partial charge in [0.25, 0.3) is 0 Å². The first-order valence-corrected chi connectivity index (χ1v) is 12.6. The van der Waals surface area contributed by atoms with E-state index in [0.29, 0.717) is 37.2 Å². The maximum Gasteiger partial charge on any atom is 0.146 e. The second-order valence-corrected chi connectivity index (χ2v) is 9.47. The van der Waals surface area contributed by atoms with E-state index in [1.807, 2.05) is 54.6 Å². The molecule has 4 aromatic carbocycles. The Kier molecular flexibility index (Phi) is 9.40. The van der Waals surface area contributed by atoms with Gasteiger partial charge in [0.05, 0.1) is 10.0 Å². The van der Waals surface area contributed by atoms with Crippen molar-refractivity contribution < 1.29 is 9.84 Å². The molecule has 0 saturated carbocycles. The molecule has 5 aromatic rings. The smallest absolute Gasteiger partial charge is 0.146 e. The minimum Gasteiger partial charge on any atom is -0.454 e. The molecule has 0 radical (unpaired) electrons. The highest BCUT2D eigenvalue weighted by Gasteiger charge is 2.15. The first kappa shape index (κ1) is 26.9. The summed E-state index contributed by atoms with van der Waals surface area (Å²) in [5.41, 5.74) is 3.65. The SMILES string of the molecule is Clc1ccc(Oc2ccc(Cl)cc2Cl)c(Cl)c1.OC(c1cncnc1)c1ccccc1-c1ccccc1. The molecule has 1 aromatic heterocycles. The molecule has 1 atom stereocenters. The summed E-state index contributed by atoms with van der Waals surface area (Å²) in [4.78, 5) is 7.93. The number of nitrogens with zero attached hydrogens (tertiary/aromatic N) is 2. The van der Waals surface area contributed by atoms with Crippen LogP contribution >= 0.6 is 46.4 Å². The van der Waals surface area contributed by atoms with Crippen molar-refractivity contribution in [1.82, 2.24) is 9.97 Å². The monoisotopic (exact) mass is 568 g/mol. The van der Waals surface area contributed by atoms with Crippen molar-refractivity contribution in [3.05, 3.63) is 141 Å². The summed E-state index contributed by atoms with van der Waals surface area (Å²) in [5.74, 6) is 0.973. The summed E-state index contributed by atoms with van der Waals surface area (Å²) in [6.07, 6.45) is 4.01. The average Bonchev–Trinajstić information content (AvgIpc) is 2.92. The van der Waals surface area contributed by atoms with Crippen molar-refractivity contribution in [3.8, 4) is 22.6 Å². The van der Waals surface area contributed by atoms with Crippen LogP contribution in [-0.2, 0) is 0 Å². The van der Waals surface area contributed by atoms with Crippen LogP contribution in [0, 0.1) is 0 Å². The molecule has 0 saturated heterocycles. The lowest BCUT2D eigenvalue weighted by Gasteiger charge is -2.15. The van der Waals surface area contributed by atoms with E-state index in [9.17, 15) is 5.11 Å². The lowest BCUT2D eigenvalue weighted by atomic mass is 9.94. The Labute approximate surface area is 235 Å². The normalized spacial score (nSPS) is 11.3. The first-order valence-electron chi connectivity index (χ1n) is 11.1. The predicted molar refractivity (Wildman–Crippen MR) is 151 cm³/mol. The van der Waals surface area contributed by atoms with Crippen LogP contribution in [0.2, 0.25) is 20.1 Å². The van der Waals surface area contributed by atoms with Gasteiger partial charge in [-0.15, -0.1) is 0 Å². The number of rotatable bonds is 5. The topological polar surface area (TPSA) is 55.2 Å². The molecule has 0 fully saturated rings. The van der Waals surface area contributed by atoms with Crippen molar-refractivity contribution in [1.29, 1.82) is 0 Å². The Morgan fingerprint density at radius 2 is 1.19 bits per heavy atom. The summed E-state index contributed by atoms with van der Waals surface area (Å²) >= 11 is 23.5. The Morgan fingerprint density at radius 3 is 1.76 bits per heavy atom. The first-order chi connectivity index (χ1) is 17.9. The molecule has 8 heteroatoms. The van der Waals surface area contributed by atoms with Gasteiger partial charge in [-0.2, -0.15) is 0 Å². The predicted octanol–water partition coefficient (Wildman–Crippen LogP) is 9.32. The second kappa shape index (κ2) is 12.9. The maximum absolute atomic E-state index is 10.6. The van der Waals surface area contributed by atoms with Crippen LogP contribution < -0.4 is 4.74 Å². The van der Waals surface area contributed by atoms with E-state index in [1.165, 1.54) is 6.33 Å². The molecular weight excluding hydrogens is 550 g/mol. The summed E-state index contributed by atoms with van der Waals surface area (Å²) in [7, 11) is 0. The van der Waals surface area contributed by atoms with Gasteiger partial charge in [0, 0.05) is 28.0 Å². The molecule has 0 aliphatic carbocycles. The lowest BCUT2D eigenvalue weighted by Crippen LogP contribution is -2.02. The van der Waals surface area contributed by atoms with Gasteiger partial charge in [0.2, 0.25) is 0 Å². The molecule has 0 spiro atoms. The van der Waals surface area contributed by atoms with Crippen molar-refractivity contribution >= 4 is 46.4 Å². The molecule has 0 bridgehead atoms. The largest absolute Gasteiger partial charge is 0.454 e. The van der Waals surface area contributed by atoms with Crippen LogP contribution in [0.1, 0.15) is 17.2 Å². The van der Waals surface area contributed by atoms with Crippen molar-refractivity contribution in [3.63, 3.8) is 0 Å². The molecule has 37 heavy (non-hydrogen) atoms. The Bertz CT molecular complexity index is 1420. The minimum absolute atomic E-state index is 0.420. The third-order valence-electron chi connectivity index (χ3n) is 5.24. The number of hydrogen-bond acceptors (Lipinski definition) is 4. The van der Waals surface area contributed by atoms with E-state index in [-0.39, 0.29) is 0 Å². The Hall–Kier alpha value is -3.12. The number of ether oxygens (including phenoxy) is 1. The molecule has 0 aliphatic heterocycles. The molecule has 4 nitrogen and oxygen atoms in total. The number of benzene rings is 4. The van der Waals surface area contributed by atoms with Crippen LogP contribution in [0.15, 0.2) is 110 Å². The Balaban J connectivity index is 0.000000176. The van der Waals surface area contributed by atoms with Gasteiger partial charge in [0.1, 0.15) is 23.9 Å². The molecule has 1 unspecified atom stereocenters. The van der Waals surface area contributed by atoms with Crippen molar-refractivity contribution in [2.75, 3.05) is 0 Å². The minimum atomic E-state index is -0.729.